The number of hydrogen-bond acceptors (Lipinski definition) is 0. The molecule has 52 aliphatic carbocycles. The van der Waals surface area contributed by atoms with E-state index < -0.39 is 0 Å². The first-order valence-electron chi connectivity index (χ1n) is 57.2. The normalized spacial score (nSPS) is 98.2. The van der Waals surface area contributed by atoms with Crippen molar-refractivity contribution in [1.82, 2.24) is 0 Å². The van der Waals surface area contributed by atoms with Gasteiger partial charge in [-0.05, 0) is 674 Å². The van der Waals surface area contributed by atoms with Gasteiger partial charge in [0.1, 0.15) is 0 Å². The fourth-order valence-corrected chi connectivity index (χ4v) is 79.2. The smallest absolute Gasteiger partial charge is 0.0234 e. The van der Waals surface area contributed by atoms with Gasteiger partial charge in [0.15, 0.2) is 0 Å². The third-order valence-corrected chi connectivity index (χ3v) is 71.6. The molecule has 52 fully saturated rings. The molecule has 0 spiro atoms. The monoisotopic (exact) mass is 1520 g/mol. The molecule has 0 aromatic heterocycles. The predicted molar refractivity (Wildman–Crippen MR) is 419 cm³/mol. The molecule has 0 saturated heterocycles. The molecular weight excluding hydrogens is 1390 g/mol. The van der Waals surface area contributed by atoms with Crippen LogP contribution in [-0.2, 0) is 0 Å². The van der Waals surface area contributed by atoms with Gasteiger partial charge in [-0.25, -0.2) is 0 Å². The first-order chi connectivity index (χ1) is 57.8. The second kappa shape index (κ2) is 14.4. The van der Waals surface area contributed by atoms with Gasteiger partial charge in [0, 0.05) is 5.92 Å². The second-order valence-electron chi connectivity index (χ2n) is 64.1. The molecule has 52 rings (SSSR count). The summed E-state index contributed by atoms with van der Waals surface area (Å²) in [6.45, 7) is 0. The van der Waals surface area contributed by atoms with Crippen molar-refractivity contribution < 1.29 is 0 Å². The summed E-state index contributed by atoms with van der Waals surface area (Å²) < 4.78 is 0. The molecule has 0 nitrogen and oxygen atoms in total. The third-order valence-electron chi connectivity index (χ3n) is 71.6. The number of fused-ring (bicyclic) bond motifs is 14. The van der Waals surface area contributed by atoms with E-state index in [1.807, 2.05) is 51.4 Å². The van der Waals surface area contributed by atoms with Gasteiger partial charge >= 0.3 is 0 Å². The average Bonchev–Trinajstić information content (AvgIpc) is 0.659. The van der Waals surface area contributed by atoms with Crippen LogP contribution in [0.25, 0.3) is 0 Å². The first kappa shape index (κ1) is 54.7. The van der Waals surface area contributed by atoms with Crippen molar-refractivity contribution in [3.8, 4) is 12.3 Å². The Bertz CT molecular complexity index is 5280. The summed E-state index contributed by atoms with van der Waals surface area (Å²) in [4.78, 5) is 0. The van der Waals surface area contributed by atoms with Gasteiger partial charge in [-0.1, -0.05) is 0 Å². The molecule has 0 aliphatic heterocycles. The van der Waals surface area contributed by atoms with Crippen molar-refractivity contribution in [2.24, 2.45) is 610 Å². The van der Waals surface area contributed by atoms with E-state index in [9.17, 15) is 0 Å². The Morgan fingerprint density at radius 2 is 0.216 bits per heavy atom. The Balaban J connectivity index is 0.584. The van der Waals surface area contributed by atoms with E-state index in [1.54, 1.807) is 19.3 Å². The van der Waals surface area contributed by atoms with Crippen molar-refractivity contribution in [1.29, 1.82) is 0 Å². The summed E-state index contributed by atoms with van der Waals surface area (Å²) in [5, 5.41) is 0. The molecule has 0 bridgehead atoms. The van der Waals surface area contributed by atoms with E-state index in [-0.39, 0.29) is 0 Å². The van der Waals surface area contributed by atoms with Crippen molar-refractivity contribution in [2.45, 2.75) is 70.6 Å². The van der Waals surface area contributed by atoms with E-state index in [4.69, 9.17) is 6.42 Å². The quantitative estimate of drug-likeness (QED) is 0.212. The van der Waals surface area contributed by atoms with Crippen LogP contribution in [0.4, 0.5) is 0 Å². The number of hydrogen-bond donors (Lipinski definition) is 0. The van der Waals surface area contributed by atoms with E-state index in [0.29, 0.717) is 5.92 Å². The Morgan fingerprint density at radius 3 is 0.448 bits per heavy atom. The van der Waals surface area contributed by atoms with Gasteiger partial charge in [-0.3, -0.25) is 0 Å². The van der Waals surface area contributed by atoms with Crippen LogP contribution in [-0.4, -0.2) is 0 Å². The lowest BCUT2D eigenvalue weighted by molar-refractivity contribution is -0.522. The summed E-state index contributed by atoms with van der Waals surface area (Å²) in [6.07, 6.45) is 27.3. The highest BCUT2D eigenvalue weighted by Gasteiger charge is 3.03. The summed E-state index contributed by atoms with van der Waals surface area (Å²) in [7, 11) is 0. The molecule has 103 unspecified atom stereocenters. The topological polar surface area (TPSA) is 0 Å². The van der Waals surface area contributed by atoms with Crippen LogP contribution in [0.15, 0.2) is 0 Å². The third kappa shape index (κ3) is 3.77. The minimum atomic E-state index is 0.663. The molecule has 52 saturated carbocycles. The molecule has 103 atom stereocenters. The van der Waals surface area contributed by atoms with Crippen LogP contribution in [0, 0.1) is 622 Å². The van der Waals surface area contributed by atoms with Crippen LogP contribution in [0.5, 0.6) is 0 Å². The minimum Gasteiger partial charge on any atom is -0.120 e. The molecule has 0 aromatic rings. The average molecular weight is 1520 g/mol. The first-order valence-corrected chi connectivity index (χ1v) is 57.2. The van der Waals surface area contributed by atoms with Crippen LogP contribution in [0.3, 0.4) is 0 Å². The van der Waals surface area contributed by atoms with E-state index in [2.05, 4.69) is 5.92 Å². The fraction of sp³-hybridized carbons (Fsp3) is 0.983. The van der Waals surface area contributed by atoms with Crippen LogP contribution < -0.4 is 0 Å². The van der Waals surface area contributed by atoms with Crippen LogP contribution >= 0.6 is 0 Å². The Morgan fingerprint density at radius 1 is 0.0948 bits per heavy atom. The maximum Gasteiger partial charge on any atom is 0.0234 e. The van der Waals surface area contributed by atoms with Gasteiger partial charge in [-0.15, -0.1) is 12.3 Å². The van der Waals surface area contributed by atoms with Crippen LogP contribution in [0.1, 0.15) is 70.6 Å². The summed E-state index contributed by atoms with van der Waals surface area (Å²) in [5.41, 5.74) is 0. The Kier molecular flexibility index (Phi) is 6.78. The SMILES string of the molecule is C#CC1CC2CC3C4CC5C6C7C4C4C3C3C2C2C1CC1C8CC9C%10C%11C8C8C1C2C3C1C4C2C7C3C4C6C5C5C6C7C%12C%13CC%14CC%15CC%16CC%17CC%18CC%19C%18C%18C%17C%17C%16C%16C%15C(C%14%13)C%13C%12C7C7C%12C%13C%16C%13C%17C%14C%18C%15C%19C%16C%17C%18C9C%10C9C%10C%11C(C81)C2C1C3C2C3C4C5C6C7C3C3C%12C%13C4C%14C(C%15%16)C5C%17C%18C9C6C5C4C3C2C6C%101. The van der Waals surface area contributed by atoms with Crippen LogP contribution in [0.2, 0.25) is 0 Å². The zero-order chi connectivity index (χ0) is 69.0. The van der Waals surface area contributed by atoms with Gasteiger partial charge in [-0.2, -0.15) is 0 Å². The molecule has 0 N–H and O–H groups in total. The highest BCUT2D eigenvalue weighted by molar-refractivity contribution is 5.50. The molecule has 52 aliphatic rings. The molecule has 0 amide bonds. The molecule has 0 heterocycles. The van der Waals surface area contributed by atoms with Gasteiger partial charge in [0.25, 0.3) is 0 Å². The lowest BCUT2D eigenvalue weighted by Crippen LogP contribution is -2.95. The molecular formula is C116H126. The molecule has 0 aromatic carbocycles. The lowest BCUT2D eigenvalue weighted by Gasteiger charge is -2.99. The predicted octanol–water partition coefficient (Wildman–Crippen LogP) is 17.1. The molecule has 0 heteroatoms. The largest absolute Gasteiger partial charge is 0.120 e. The van der Waals surface area contributed by atoms with E-state index in [0.717, 1.165) is 29.6 Å². The second-order valence-corrected chi connectivity index (χ2v) is 64.1. The fourth-order valence-electron chi connectivity index (χ4n) is 79.2. The Labute approximate surface area is 687 Å². The van der Waals surface area contributed by atoms with Gasteiger partial charge < -0.3 is 0 Å². The molecule has 0 radical (unpaired) electrons. The van der Waals surface area contributed by atoms with Gasteiger partial charge in [0.05, 0.1) is 0 Å². The Hall–Kier alpha value is -0.440. The molecule has 116 heavy (non-hydrogen) atoms. The maximum absolute atomic E-state index is 7.52. The zero-order valence-electron chi connectivity index (χ0n) is 68.3. The van der Waals surface area contributed by atoms with Crippen molar-refractivity contribution >= 4 is 0 Å². The van der Waals surface area contributed by atoms with Crippen molar-refractivity contribution in [3.63, 3.8) is 0 Å². The lowest BCUT2D eigenvalue weighted by atomic mass is 9.06. The van der Waals surface area contributed by atoms with E-state index in [1.165, 1.54) is 574 Å². The zero-order valence-corrected chi connectivity index (χ0v) is 68.3. The summed E-state index contributed by atoms with van der Waals surface area (Å²) >= 11 is 0. The summed E-state index contributed by atoms with van der Waals surface area (Å²) in [6, 6.07) is 0. The number of rotatable bonds is 0. The molecule has 590 valence electrons. The highest BCUT2D eigenvalue weighted by atomic mass is 15.1. The van der Waals surface area contributed by atoms with Crippen molar-refractivity contribution in [3.05, 3.63) is 0 Å². The minimum absolute atomic E-state index is 0.663. The standard InChI is InChI=1S/C116H126/c1-2-14-3-20-8-22-24-12-28-43-55-39(24)53-37(22)51-32(20)36-21(14)11-23-25-13-29-44-56-40(25)54-38(23)52(36)69(51)85-70(53)86-72(55)88-74-57(43)45(28)63-78-61-41-26-9-18-6-16-4-15-5-17-7-19-10-27-31(19)48-34(17)50-35(15)49-33(16)47(30(18)26)65-59(41)76(61)94-96-82(65)67(49)84-68(50)83-66(48)60-42(27)62-77(60)95-97(83)107-98(84)106(96)113-111-102(90(74)80(63)92(78)104(94)111)109-100(88)108-99(86)87(71(54)85)73(56)89-75-58(44)46(29)64-79(62)93-81(64)91(75)103-110(101(89)108)115(109)116(113)114(107)112(103)105(93)95/h1,14-116H,3-13H2. The van der Waals surface area contributed by atoms with E-state index >= 15 is 0 Å². The van der Waals surface area contributed by atoms with Gasteiger partial charge in [0.2, 0.25) is 0 Å². The highest BCUT2D eigenvalue weighted by Crippen LogP contribution is 3.07. The maximum atomic E-state index is 7.52. The van der Waals surface area contributed by atoms with Crippen molar-refractivity contribution in [2.75, 3.05) is 0 Å². The number of terminal acetylenes is 1. The summed E-state index contributed by atoms with van der Waals surface area (Å²) in [5.74, 6) is 133.